The molecule has 1 amide bonds. The molecule has 0 aliphatic heterocycles. The van der Waals surface area contributed by atoms with Crippen LogP contribution in [0.2, 0.25) is 4.34 Å². The quantitative estimate of drug-likeness (QED) is 0.631. The number of hydrogen-bond donors (Lipinski definition) is 0. The fourth-order valence-electron chi connectivity index (χ4n) is 2.40. The number of carbonyl (C=O) groups excluding carboxylic acids is 1. The molecule has 0 spiro atoms. The minimum Gasteiger partial charge on any atom is -0.338 e. The minimum absolute atomic E-state index is 0.0606. The molecule has 1 aromatic heterocycles. The van der Waals surface area contributed by atoms with E-state index in [4.69, 9.17) is 11.6 Å². The second kappa shape index (κ2) is 5.88. The summed E-state index contributed by atoms with van der Waals surface area (Å²) in [6.07, 6.45) is 5.49. The van der Waals surface area contributed by atoms with E-state index in [1.165, 1.54) is 12.5 Å². The van der Waals surface area contributed by atoms with Crippen molar-refractivity contribution >= 4 is 34.5 Å². The summed E-state index contributed by atoms with van der Waals surface area (Å²) in [5.74, 6) is -0.174. The zero-order valence-corrected chi connectivity index (χ0v) is 12.2. The molecule has 7 heteroatoms. The maximum atomic E-state index is 12.3. The number of hydrogen-bond acceptors (Lipinski definition) is 4. The number of nitrogens with zero attached hydrogens (tertiary/aromatic N) is 2. The molecule has 1 fully saturated rings. The number of carbonyl (C=O) groups is 1. The molecule has 1 aliphatic rings. The lowest BCUT2D eigenvalue weighted by Crippen LogP contribution is -2.37. The van der Waals surface area contributed by atoms with E-state index in [0.29, 0.717) is 4.88 Å². The summed E-state index contributed by atoms with van der Waals surface area (Å²) >= 11 is 6.76. The van der Waals surface area contributed by atoms with E-state index in [0.717, 1.165) is 37.0 Å². The molecule has 0 aromatic carbocycles. The first-order valence-electron chi connectivity index (χ1n) is 6.21. The molecule has 1 saturated carbocycles. The van der Waals surface area contributed by atoms with Crippen molar-refractivity contribution in [1.82, 2.24) is 4.90 Å². The number of nitro groups is 1. The average molecular weight is 303 g/mol. The highest BCUT2D eigenvalue weighted by atomic mass is 35.5. The standard InChI is InChI=1S/C12H15ClN2O3S/c1-14(8-5-3-2-4-6-8)12(16)10-7-9(15(17)18)11(13)19-10/h7-8H,2-6H2,1H3. The van der Waals surface area contributed by atoms with Crippen molar-refractivity contribution in [3.05, 3.63) is 25.4 Å². The van der Waals surface area contributed by atoms with Crippen LogP contribution in [0.3, 0.4) is 0 Å². The molecule has 0 bridgehead atoms. The van der Waals surface area contributed by atoms with Crippen LogP contribution in [0.15, 0.2) is 6.07 Å². The summed E-state index contributed by atoms with van der Waals surface area (Å²) in [6, 6.07) is 1.51. The monoisotopic (exact) mass is 302 g/mol. The van der Waals surface area contributed by atoms with Crippen LogP contribution >= 0.6 is 22.9 Å². The Morgan fingerprint density at radius 3 is 2.63 bits per heavy atom. The Labute approximate surface area is 120 Å². The molecule has 0 unspecified atom stereocenters. The molecular weight excluding hydrogens is 288 g/mol. The van der Waals surface area contributed by atoms with Crippen LogP contribution in [0, 0.1) is 10.1 Å². The molecule has 2 rings (SSSR count). The second-order valence-electron chi connectivity index (χ2n) is 4.73. The van der Waals surface area contributed by atoms with Crippen LogP contribution in [0.4, 0.5) is 5.69 Å². The smallest absolute Gasteiger partial charge is 0.299 e. The van der Waals surface area contributed by atoms with E-state index in [1.54, 1.807) is 11.9 Å². The molecule has 0 saturated heterocycles. The Morgan fingerprint density at radius 2 is 2.11 bits per heavy atom. The molecule has 5 nitrogen and oxygen atoms in total. The zero-order chi connectivity index (χ0) is 14.0. The minimum atomic E-state index is -0.559. The van der Waals surface area contributed by atoms with E-state index in [-0.39, 0.29) is 22.0 Å². The first-order chi connectivity index (χ1) is 9.00. The highest BCUT2D eigenvalue weighted by Crippen LogP contribution is 2.35. The van der Waals surface area contributed by atoms with Gasteiger partial charge in [0.25, 0.3) is 11.6 Å². The van der Waals surface area contributed by atoms with Crippen molar-refractivity contribution in [3.63, 3.8) is 0 Å². The van der Waals surface area contributed by atoms with Crippen LogP contribution in [0.5, 0.6) is 0 Å². The number of rotatable bonds is 3. The van der Waals surface area contributed by atoms with Crippen LogP contribution in [-0.2, 0) is 0 Å². The maximum Gasteiger partial charge on any atom is 0.299 e. The van der Waals surface area contributed by atoms with Crippen LogP contribution < -0.4 is 0 Å². The lowest BCUT2D eigenvalue weighted by atomic mass is 9.94. The summed E-state index contributed by atoms with van der Waals surface area (Å²) in [7, 11) is 1.76. The summed E-state index contributed by atoms with van der Waals surface area (Å²) in [6.45, 7) is 0. The summed E-state index contributed by atoms with van der Waals surface area (Å²) in [4.78, 5) is 24.5. The van der Waals surface area contributed by atoms with Gasteiger partial charge in [0.1, 0.15) is 4.88 Å². The van der Waals surface area contributed by atoms with Gasteiger partial charge in [-0.05, 0) is 12.8 Å². The summed E-state index contributed by atoms with van der Waals surface area (Å²) in [5, 5.41) is 10.7. The predicted molar refractivity (Wildman–Crippen MR) is 74.9 cm³/mol. The Morgan fingerprint density at radius 1 is 1.47 bits per heavy atom. The highest BCUT2D eigenvalue weighted by molar-refractivity contribution is 7.18. The van der Waals surface area contributed by atoms with Gasteiger partial charge in [-0.15, -0.1) is 11.3 Å². The molecule has 1 heterocycles. The third-order valence-corrected chi connectivity index (χ3v) is 4.84. The van der Waals surface area contributed by atoms with Gasteiger partial charge in [-0.1, -0.05) is 30.9 Å². The second-order valence-corrected chi connectivity index (χ2v) is 6.39. The molecule has 1 aliphatic carbocycles. The first kappa shape index (κ1) is 14.3. The average Bonchev–Trinajstić information content (AvgIpc) is 2.80. The van der Waals surface area contributed by atoms with E-state index < -0.39 is 4.92 Å². The van der Waals surface area contributed by atoms with Gasteiger partial charge in [0, 0.05) is 19.2 Å². The fraction of sp³-hybridized carbons (Fsp3) is 0.583. The molecule has 104 valence electrons. The van der Waals surface area contributed by atoms with Gasteiger partial charge >= 0.3 is 0 Å². The molecular formula is C12H15ClN2O3S. The van der Waals surface area contributed by atoms with Gasteiger partial charge < -0.3 is 4.90 Å². The van der Waals surface area contributed by atoms with E-state index in [2.05, 4.69) is 0 Å². The first-order valence-corrected chi connectivity index (χ1v) is 7.41. The Kier molecular flexibility index (Phi) is 4.42. The van der Waals surface area contributed by atoms with Crippen molar-refractivity contribution < 1.29 is 9.72 Å². The van der Waals surface area contributed by atoms with E-state index in [1.807, 2.05) is 0 Å². The van der Waals surface area contributed by atoms with Crippen molar-refractivity contribution in [1.29, 1.82) is 0 Å². The van der Waals surface area contributed by atoms with Crippen LogP contribution in [0.1, 0.15) is 41.8 Å². The van der Waals surface area contributed by atoms with Crippen molar-refractivity contribution in [3.8, 4) is 0 Å². The highest BCUT2D eigenvalue weighted by Gasteiger charge is 2.27. The van der Waals surface area contributed by atoms with Gasteiger partial charge in [0.2, 0.25) is 0 Å². The fourth-order valence-corrected chi connectivity index (χ4v) is 3.60. The summed E-state index contributed by atoms with van der Waals surface area (Å²) in [5.41, 5.74) is -0.188. The molecule has 0 radical (unpaired) electrons. The third kappa shape index (κ3) is 3.06. The van der Waals surface area contributed by atoms with E-state index in [9.17, 15) is 14.9 Å². The Balaban J connectivity index is 2.14. The normalized spacial score (nSPS) is 16.3. The van der Waals surface area contributed by atoms with Crippen molar-refractivity contribution in [2.45, 2.75) is 38.1 Å². The number of amides is 1. The van der Waals surface area contributed by atoms with Crippen molar-refractivity contribution in [2.24, 2.45) is 0 Å². The number of halogens is 1. The molecule has 19 heavy (non-hydrogen) atoms. The molecule has 0 N–H and O–H groups in total. The molecule has 0 atom stereocenters. The lowest BCUT2D eigenvalue weighted by Gasteiger charge is -2.30. The van der Waals surface area contributed by atoms with Crippen molar-refractivity contribution in [2.75, 3.05) is 7.05 Å². The summed E-state index contributed by atoms with van der Waals surface area (Å²) < 4.78 is 0.0606. The lowest BCUT2D eigenvalue weighted by molar-refractivity contribution is -0.384. The Hall–Kier alpha value is -1.14. The predicted octanol–water partition coefficient (Wildman–Crippen LogP) is 3.71. The van der Waals surface area contributed by atoms with Gasteiger partial charge in [-0.25, -0.2) is 0 Å². The molecule has 1 aromatic rings. The third-order valence-electron chi connectivity index (χ3n) is 3.52. The topological polar surface area (TPSA) is 63.5 Å². The number of thiophene rings is 1. The van der Waals surface area contributed by atoms with Gasteiger partial charge in [-0.3, -0.25) is 14.9 Å². The largest absolute Gasteiger partial charge is 0.338 e. The van der Waals surface area contributed by atoms with Gasteiger partial charge in [-0.2, -0.15) is 0 Å². The van der Waals surface area contributed by atoms with Gasteiger partial charge in [0.15, 0.2) is 4.34 Å². The zero-order valence-electron chi connectivity index (χ0n) is 10.6. The van der Waals surface area contributed by atoms with Crippen LogP contribution in [0.25, 0.3) is 0 Å². The van der Waals surface area contributed by atoms with E-state index >= 15 is 0 Å². The Bertz CT molecular complexity index is 497. The van der Waals surface area contributed by atoms with Crippen LogP contribution in [-0.4, -0.2) is 28.8 Å². The SMILES string of the molecule is CN(C(=O)c1cc([N+](=O)[O-])c(Cl)s1)C1CCCCC1. The maximum absolute atomic E-state index is 12.3. The van der Waals surface area contributed by atoms with Gasteiger partial charge in [0.05, 0.1) is 4.92 Å².